The summed E-state index contributed by atoms with van der Waals surface area (Å²) in [6.07, 6.45) is -5.46. The van der Waals surface area contributed by atoms with Crippen LogP contribution in [0, 0.1) is 6.92 Å². The molecule has 0 unspecified atom stereocenters. The quantitative estimate of drug-likeness (QED) is 0.604. The third kappa shape index (κ3) is 4.40. The number of hydrogen-bond donors (Lipinski definition) is 1. The number of halogens is 3. The minimum absolute atomic E-state index is 0.219. The van der Waals surface area contributed by atoms with Crippen molar-refractivity contribution in [3.8, 4) is 5.75 Å². The number of alkyl halides is 3. The maximum absolute atomic E-state index is 13.2. The number of hydrogen-bond acceptors (Lipinski definition) is 5. The van der Waals surface area contributed by atoms with Gasteiger partial charge >= 0.3 is 6.18 Å². The van der Waals surface area contributed by atoms with Gasteiger partial charge in [0.25, 0.3) is 5.91 Å². The fraction of sp³-hybridized carbons (Fsp3) is 0.238. The number of nitrogens with zero attached hydrogens (tertiary/aromatic N) is 2. The molecule has 156 valence electrons. The maximum atomic E-state index is 13.2. The van der Waals surface area contributed by atoms with Crippen molar-refractivity contribution < 1.29 is 22.7 Å². The molecule has 0 aliphatic carbocycles. The van der Waals surface area contributed by atoms with Gasteiger partial charge < -0.3 is 15.0 Å². The number of thiazole rings is 1. The summed E-state index contributed by atoms with van der Waals surface area (Å²) in [5.41, 5.74) is 2.06. The largest absolute Gasteiger partial charge is 0.487 e. The molecule has 0 saturated carbocycles. The first-order chi connectivity index (χ1) is 14.3. The van der Waals surface area contributed by atoms with Crippen molar-refractivity contribution in [2.24, 2.45) is 0 Å². The lowest BCUT2D eigenvalue weighted by Gasteiger charge is -2.38. The first-order valence-electron chi connectivity index (χ1n) is 9.17. The maximum Gasteiger partial charge on any atom is 0.406 e. The molecule has 1 aliphatic heterocycles. The molecule has 0 bridgehead atoms. The highest BCUT2D eigenvalue weighted by Gasteiger charge is 2.40. The lowest BCUT2D eigenvalue weighted by atomic mass is 10.0. The Morgan fingerprint density at radius 2 is 1.90 bits per heavy atom. The lowest BCUT2D eigenvalue weighted by molar-refractivity contribution is -0.144. The van der Waals surface area contributed by atoms with Crippen LogP contribution in [-0.2, 0) is 6.61 Å². The molecule has 2 heterocycles. The van der Waals surface area contributed by atoms with Crippen LogP contribution in [0.5, 0.6) is 5.75 Å². The molecule has 3 aromatic rings. The summed E-state index contributed by atoms with van der Waals surface area (Å²) in [6.45, 7) is 0.864. The van der Waals surface area contributed by atoms with Crippen LogP contribution in [0.4, 0.5) is 18.9 Å². The molecule has 1 aliphatic rings. The van der Waals surface area contributed by atoms with Gasteiger partial charge in [-0.3, -0.25) is 4.79 Å². The molecule has 0 spiro atoms. The van der Waals surface area contributed by atoms with E-state index in [1.165, 1.54) is 17.4 Å². The van der Waals surface area contributed by atoms with Gasteiger partial charge in [0.1, 0.15) is 25.1 Å². The van der Waals surface area contributed by atoms with Crippen molar-refractivity contribution in [2.75, 3.05) is 11.9 Å². The summed E-state index contributed by atoms with van der Waals surface area (Å²) < 4.78 is 45.2. The van der Waals surface area contributed by atoms with E-state index in [2.05, 4.69) is 10.3 Å². The fourth-order valence-corrected chi connectivity index (χ4v) is 3.89. The van der Waals surface area contributed by atoms with Gasteiger partial charge in [-0.15, -0.1) is 11.3 Å². The van der Waals surface area contributed by atoms with Crippen LogP contribution in [0.25, 0.3) is 0 Å². The number of carbonyl (C=O) groups excluding carboxylic acids is 1. The second-order valence-corrected chi connectivity index (χ2v) is 7.92. The number of rotatable bonds is 5. The van der Waals surface area contributed by atoms with Gasteiger partial charge in [-0.2, -0.15) is 13.2 Å². The van der Waals surface area contributed by atoms with E-state index in [9.17, 15) is 18.0 Å². The molecular formula is C21H18F3N3O2S. The van der Waals surface area contributed by atoms with Crippen molar-refractivity contribution >= 4 is 22.9 Å². The number of para-hydroxylation sites is 1. The fourth-order valence-electron chi connectivity index (χ4n) is 3.29. The van der Waals surface area contributed by atoms with Crippen LogP contribution in [0.2, 0.25) is 0 Å². The highest BCUT2D eigenvalue weighted by Crippen LogP contribution is 2.35. The Morgan fingerprint density at radius 1 is 1.17 bits per heavy atom. The molecule has 2 aromatic carbocycles. The van der Waals surface area contributed by atoms with Crippen LogP contribution < -0.4 is 10.1 Å². The number of aromatic nitrogens is 1. The van der Waals surface area contributed by atoms with E-state index in [4.69, 9.17) is 4.74 Å². The van der Waals surface area contributed by atoms with Gasteiger partial charge in [0.15, 0.2) is 0 Å². The first-order valence-corrected chi connectivity index (χ1v) is 10.1. The number of benzene rings is 2. The number of ether oxygens (including phenoxy) is 1. The predicted molar refractivity (Wildman–Crippen MR) is 108 cm³/mol. The predicted octanol–water partition coefficient (Wildman–Crippen LogP) is 5.16. The van der Waals surface area contributed by atoms with Crippen LogP contribution in [0.15, 0.2) is 53.9 Å². The van der Waals surface area contributed by atoms with Crippen molar-refractivity contribution in [1.29, 1.82) is 0 Å². The molecular weight excluding hydrogens is 415 g/mol. The minimum atomic E-state index is -4.52. The van der Waals surface area contributed by atoms with Gasteiger partial charge in [-0.1, -0.05) is 24.3 Å². The van der Waals surface area contributed by atoms with Crippen LogP contribution in [0.3, 0.4) is 0 Å². The van der Waals surface area contributed by atoms with Crippen molar-refractivity contribution in [1.82, 2.24) is 9.88 Å². The zero-order valence-electron chi connectivity index (χ0n) is 15.9. The smallest absolute Gasteiger partial charge is 0.406 e. The second-order valence-electron chi connectivity index (χ2n) is 6.86. The Labute approximate surface area is 175 Å². The molecule has 1 N–H and O–H groups in total. The first kappa shape index (κ1) is 20.2. The minimum Gasteiger partial charge on any atom is -0.487 e. The van der Waals surface area contributed by atoms with E-state index in [-0.39, 0.29) is 5.56 Å². The van der Waals surface area contributed by atoms with Crippen LogP contribution >= 0.6 is 11.3 Å². The number of nitrogens with one attached hydrogen (secondary N) is 1. The van der Waals surface area contributed by atoms with Gasteiger partial charge in [0.2, 0.25) is 0 Å². The zero-order valence-corrected chi connectivity index (χ0v) is 16.8. The Hall–Kier alpha value is -3.07. The summed E-state index contributed by atoms with van der Waals surface area (Å²) >= 11 is 1.53. The molecule has 9 heteroatoms. The van der Waals surface area contributed by atoms with Gasteiger partial charge in [-0.25, -0.2) is 4.98 Å². The molecule has 0 radical (unpaired) electrons. The third-order valence-corrected chi connectivity index (χ3v) is 5.44. The average Bonchev–Trinajstić information content (AvgIpc) is 3.13. The number of anilines is 1. The highest BCUT2D eigenvalue weighted by molar-refractivity contribution is 7.09. The molecule has 0 fully saturated rings. The average molecular weight is 433 g/mol. The van der Waals surface area contributed by atoms with E-state index < -0.39 is 24.8 Å². The summed E-state index contributed by atoms with van der Waals surface area (Å²) in [4.78, 5) is 17.9. The van der Waals surface area contributed by atoms with Gasteiger partial charge in [-0.05, 0) is 36.8 Å². The van der Waals surface area contributed by atoms with Gasteiger partial charge in [0, 0.05) is 11.1 Å². The van der Waals surface area contributed by atoms with E-state index in [1.54, 1.807) is 42.5 Å². The number of fused-ring (bicyclic) bond motifs is 1. The summed E-state index contributed by atoms with van der Waals surface area (Å²) in [7, 11) is 0. The van der Waals surface area contributed by atoms with Gasteiger partial charge in [0.05, 0.1) is 16.3 Å². The molecule has 1 aromatic heterocycles. The normalized spacial score (nSPS) is 16.2. The molecule has 1 amide bonds. The molecule has 5 nitrogen and oxygen atoms in total. The topological polar surface area (TPSA) is 54.5 Å². The van der Waals surface area contributed by atoms with Crippen molar-refractivity contribution in [3.63, 3.8) is 0 Å². The van der Waals surface area contributed by atoms with Crippen LogP contribution in [0.1, 0.15) is 32.8 Å². The Kier molecular flexibility index (Phi) is 5.38. The molecule has 0 saturated heterocycles. The summed E-state index contributed by atoms with van der Waals surface area (Å²) in [5.74, 6) is -0.0970. The third-order valence-electron chi connectivity index (χ3n) is 4.62. The molecule has 1 atom stereocenters. The SMILES string of the molecule is Cc1nc(COc2ccc([C@@H]3Nc4ccccc4C(=O)N3CC(F)(F)F)cc2)cs1. The Morgan fingerprint density at radius 3 is 2.57 bits per heavy atom. The second kappa shape index (κ2) is 7.98. The summed E-state index contributed by atoms with van der Waals surface area (Å²) in [6, 6.07) is 13.2. The number of amides is 1. The highest BCUT2D eigenvalue weighted by atomic mass is 32.1. The van der Waals surface area contributed by atoms with E-state index >= 15 is 0 Å². The lowest BCUT2D eigenvalue weighted by Crippen LogP contribution is -2.47. The summed E-state index contributed by atoms with van der Waals surface area (Å²) in [5, 5.41) is 5.91. The van der Waals surface area contributed by atoms with E-state index in [1.807, 2.05) is 12.3 Å². The van der Waals surface area contributed by atoms with E-state index in [0.29, 0.717) is 23.6 Å². The van der Waals surface area contributed by atoms with Crippen molar-refractivity contribution in [3.05, 3.63) is 75.7 Å². The van der Waals surface area contributed by atoms with Crippen LogP contribution in [-0.4, -0.2) is 28.5 Å². The number of carbonyl (C=O) groups is 1. The Balaban J connectivity index is 1.56. The number of aryl methyl sites for hydroxylation is 1. The standard InChI is InChI=1S/C21H18F3N3O2S/c1-13-25-15(11-30-13)10-29-16-8-6-14(7-9-16)19-26-18-5-3-2-4-17(18)20(28)27(19)12-21(22,23)24/h2-9,11,19,26H,10,12H2,1H3/t19-/m1/s1. The van der Waals surface area contributed by atoms with E-state index in [0.717, 1.165) is 15.6 Å². The monoisotopic (exact) mass is 433 g/mol. The molecule has 4 rings (SSSR count). The zero-order chi connectivity index (χ0) is 21.3. The van der Waals surface area contributed by atoms with Crippen molar-refractivity contribution in [2.45, 2.75) is 25.9 Å². The molecule has 30 heavy (non-hydrogen) atoms. The Bertz CT molecular complexity index is 1050.